The SMILES string of the molecule is CC1C(=O)N(Cc2cc(C#CCN)ccc2F)C(=O)C1C. The molecule has 0 aromatic heterocycles. The number of carbonyl (C=O) groups excluding carboxylic acids is 2. The highest BCUT2D eigenvalue weighted by Gasteiger charge is 2.42. The van der Waals surface area contributed by atoms with Crippen molar-refractivity contribution in [2.45, 2.75) is 20.4 Å². The Balaban J connectivity index is 2.27. The summed E-state index contributed by atoms with van der Waals surface area (Å²) in [6, 6.07) is 4.38. The largest absolute Gasteiger partial charge is 0.320 e. The number of likely N-dealkylation sites (tertiary alicyclic amines) is 1. The Morgan fingerprint density at radius 1 is 1.24 bits per heavy atom. The van der Waals surface area contributed by atoms with Crippen molar-refractivity contribution < 1.29 is 14.0 Å². The molecule has 21 heavy (non-hydrogen) atoms. The number of halogens is 1. The first-order valence-corrected chi connectivity index (χ1v) is 6.78. The third-order valence-corrected chi connectivity index (χ3v) is 3.77. The predicted molar refractivity (Wildman–Crippen MR) is 76.2 cm³/mol. The molecule has 2 unspecified atom stereocenters. The lowest BCUT2D eigenvalue weighted by Crippen LogP contribution is -2.30. The molecule has 0 aliphatic carbocycles. The van der Waals surface area contributed by atoms with E-state index in [-0.39, 0.29) is 42.3 Å². The molecule has 0 spiro atoms. The molecule has 5 heteroatoms. The lowest BCUT2D eigenvalue weighted by Gasteiger charge is -2.15. The van der Waals surface area contributed by atoms with Gasteiger partial charge in [-0.15, -0.1) is 0 Å². The van der Waals surface area contributed by atoms with Crippen molar-refractivity contribution in [2.75, 3.05) is 6.54 Å². The van der Waals surface area contributed by atoms with Crippen LogP contribution in [-0.4, -0.2) is 23.3 Å². The van der Waals surface area contributed by atoms with Crippen LogP contribution in [0.2, 0.25) is 0 Å². The number of nitrogens with zero attached hydrogens (tertiary/aromatic N) is 1. The van der Waals surface area contributed by atoms with Crippen LogP contribution in [0, 0.1) is 29.5 Å². The highest BCUT2D eigenvalue weighted by atomic mass is 19.1. The molecule has 2 N–H and O–H groups in total. The highest BCUT2D eigenvalue weighted by Crippen LogP contribution is 2.27. The second-order valence-electron chi connectivity index (χ2n) is 5.15. The summed E-state index contributed by atoms with van der Waals surface area (Å²) >= 11 is 0. The van der Waals surface area contributed by atoms with E-state index in [0.29, 0.717) is 5.56 Å². The molecule has 1 aliphatic heterocycles. The van der Waals surface area contributed by atoms with Gasteiger partial charge in [0.2, 0.25) is 11.8 Å². The molecule has 1 fully saturated rings. The normalized spacial score (nSPS) is 21.4. The van der Waals surface area contributed by atoms with Crippen LogP contribution in [0.25, 0.3) is 0 Å². The molecule has 2 rings (SSSR count). The van der Waals surface area contributed by atoms with Gasteiger partial charge in [0.1, 0.15) is 5.82 Å². The molecular formula is C16H17FN2O2. The molecule has 1 heterocycles. The van der Waals surface area contributed by atoms with E-state index in [0.717, 1.165) is 4.90 Å². The van der Waals surface area contributed by atoms with Gasteiger partial charge in [-0.25, -0.2) is 4.39 Å². The first-order chi connectivity index (χ1) is 9.95. The maximum atomic E-state index is 13.9. The van der Waals surface area contributed by atoms with Gasteiger partial charge < -0.3 is 5.73 Å². The molecule has 0 radical (unpaired) electrons. The lowest BCUT2D eigenvalue weighted by molar-refractivity contribution is -0.140. The Morgan fingerprint density at radius 2 is 1.86 bits per heavy atom. The van der Waals surface area contributed by atoms with Gasteiger partial charge in [0.15, 0.2) is 0 Å². The molecule has 1 aromatic carbocycles. The van der Waals surface area contributed by atoms with E-state index in [2.05, 4.69) is 11.8 Å². The maximum absolute atomic E-state index is 13.9. The van der Waals surface area contributed by atoms with E-state index >= 15 is 0 Å². The van der Waals surface area contributed by atoms with Crippen molar-refractivity contribution in [3.8, 4) is 11.8 Å². The van der Waals surface area contributed by atoms with Crippen molar-refractivity contribution in [2.24, 2.45) is 17.6 Å². The van der Waals surface area contributed by atoms with Crippen molar-refractivity contribution in [1.82, 2.24) is 4.90 Å². The summed E-state index contributed by atoms with van der Waals surface area (Å²) in [5.41, 5.74) is 6.19. The first-order valence-electron chi connectivity index (χ1n) is 6.78. The predicted octanol–water partition coefficient (Wildman–Crippen LogP) is 1.28. The minimum absolute atomic E-state index is 0.0592. The van der Waals surface area contributed by atoms with Crippen molar-refractivity contribution in [1.29, 1.82) is 0 Å². The number of amides is 2. The van der Waals surface area contributed by atoms with Crippen LogP contribution in [0.1, 0.15) is 25.0 Å². The van der Waals surface area contributed by atoms with Crippen molar-refractivity contribution >= 4 is 11.8 Å². The number of hydrogen-bond donors (Lipinski definition) is 1. The monoisotopic (exact) mass is 288 g/mol. The van der Waals surface area contributed by atoms with Crippen LogP contribution in [0.4, 0.5) is 4.39 Å². The summed E-state index contributed by atoms with van der Waals surface area (Å²) in [6.07, 6.45) is 0. The quantitative estimate of drug-likeness (QED) is 0.658. The molecule has 4 nitrogen and oxygen atoms in total. The maximum Gasteiger partial charge on any atom is 0.233 e. The number of carbonyl (C=O) groups is 2. The highest BCUT2D eigenvalue weighted by molar-refractivity contribution is 6.04. The Kier molecular flexibility index (Phi) is 4.39. The van der Waals surface area contributed by atoms with Crippen LogP contribution in [0.15, 0.2) is 18.2 Å². The number of imide groups is 1. The van der Waals surface area contributed by atoms with Gasteiger partial charge in [-0.2, -0.15) is 0 Å². The summed E-state index contributed by atoms with van der Waals surface area (Å²) in [7, 11) is 0. The van der Waals surface area contributed by atoms with Gasteiger partial charge in [-0.1, -0.05) is 25.7 Å². The molecule has 1 aromatic rings. The summed E-state index contributed by atoms with van der Waals surface area (Å²) in [4.78, 5) is 25.2. The fraction of sp³-hybridized carbons (Fsp3) is 0.375. The van der Waals surface area contributed by atoms with Gasteiger partial charge in [0.05, 0.1) is 13.1 Å². The van der Waals surface area contributed by atoms with Crippen LogP contribution >= 0.6 is 0 Å². The topological polar surface area (TPSA) is 63.4 Å². The van der Waals surface area contributed by atoms with Crippen LogP contribution in [0.5, 0.6) is 0 Å². The zero-order valence-corrected chi connectivity index (χ0v) is 12.0. The second kappa shape index (κ2) is 6.06. The zero-order valence-electron chi connectivity index (χ0n) is 12.0. The minimum Gasteiger partial charge on any atom is -0.320 e. The van der Waals surface area contributed by atoms with Crippen molar-refractivity contribution in [3.05, 3.63) is 35.1 Å². The van der Waals surface area contributed by atoms with E-state index in [4.69, 9.17) is 5.73 Å². The van der Waals surface area contributed by atoms with Gasteiger partial charge in [0.25, 0.3) is 0 Å². The Hall–Kier alpha value is -2.19. The average Bonchev–Trinajstić information content (AvgIpc) is 2.65. The molecule has 110 valence electrons. The summed E-state index contributed by atoms with van der Waals surface area (Å²) in [5.74, 6) is 3.80. The Bertz CT molecular complexity index is 625. The minimum atomic E-state index is -0.457. The standard InChI is InChI=1S/C16H17FN2O2/c1-10-11(2)16(21)19(15(10)20)9-13-8-12(4-3-7-18)5-6-14(13)17/h5-6,8,10-11H,7,9,18H2,1-2H3. The summed E-state index contributed by atoms with van der Waals surface area (Å²) in [6.45, 7) is 3.58. The number of rotatable bonds is 2. The van der Waals surface area contributed by atoms with E-state index < -0.39 is 5.82 Å². The van der Waals surface area contributed by atoms with Crippen LogP contribution < -0.4 is 5.73 Å². The molecular weight excluding hydrogens is 271 g/mol. The molecule has 1 aliphatic rings. The Morgan fingerprint density at radius 3 is 2.43 bits per heavy atom. The smallest absolute Gasteiger partial charge is 0.233 e. The Labute approximate surface area is 123 Å². The number of hydrogen-bond acceptors (Lipinski definition) is 3. The average molecular weight is 288 g/mol. The van der Waals surface area contributed by atoms with E-state index in [1.165, 1.54) is 6.07 Å². The van der Waals surface area contributed by atoms with Gasteiger partial charge >= 0.3 is 0 Å². The molecule has 2 amide bonds. The van der Waals surface area contributed by atoms with Gasteiger partial charge in [0, 0.05) is 23.0 Å². The van der Waals surface area contributed by atoms with E-state index in [1.807, 2.05) is 0 Å². The van der Waals surface area contributed by atoms with Crippen LogP contribution in [-0.2, 0) is 16.1 Å². The summed E-state index contributed by atoms with van der Waals surface area (Å²) in [5, 5.41) is 0. The lowest BCUT2D eigenvalue weighted by atomic mass is 10.00. The van der Waals surface area contributed by atoms with E-state index in [1.54, 1.807) is 26.0 Å². The van der Waals surface area contributed by atoms with Gasteiger partial charge in [-0.05, 0) is 18.2 Å². The first kappa shape index (κ1) is 15.2. The third kappa shape index (κ3) is 2.96. The molecule has 1 saturated heterocycles. The second-order valence-corrected chi connectivity index (χ2v) is 5.15. The molecule has 0 saturated carbocycles. The van der Waals surface area contributed by atoms with Gasteiger partial charge in [-0.3, -0.25) is 14.5 Å². The molecule has 0 bridgehead atoms. The fourth-order valence-electron chi connectivity index (χ4n) is 2.28. The van der Waals surface area contributed by atoms with Crippen molar-refractivity contribution in [3.63, 3.8) is 0 Å². The zero-order chi connectivity index (χ0) is 15.6. The summed E-state index contributed by atoms with van der Waals surface area (Å²) < 4.78 is 13.9. The number of benzene rings is 1. The number of nitrogens with two attached hydrogens (primary N) is 1. The van der Waals surface area contributed by atoms with E-state index in [9.17, 15) is 14.0 Å². The molecule has 2 atom stereocenters. The third-order valence-electron chi connectivity index (χ3n) is 3.77. The van der Waals surface area contributed by atoms with Crippen LogP contribution in [0.3, 0.4) is 0 Å². The fourth-order valence-corrected chi connectivity index (χ4v) is 2.28.